The van der Waals surface area contributed by atoms with Gasteiger partial charge >= 0.3 is 12.4 Å². The summed E-state index contributed by atoms with van der Waals surface area (Å²) in [6.07, 6.45) is -9.52. The average Bonchev–Trinajstić information content (AvgIpc) is 3.22. The van der Waals surface area contributed by atoms with Crippen LogP contribution in [-0.4, -0.2) is 15.1 Å². The van der Waals surface area contributed by atoms with E-state index in [2.05, 4.69) is 20.6 Å². The number of nitrogens with one attached hydrogen (secondary N) is 3. The van der Waals surface area contributed by atoms with Crippen molar-refractivity contribution in [3.63, 3.8) is 0 Å². The Morgan fingerprint density at radius 1 is 0.857 bits per heavy atom. The van der Waals surface area contributed by atoms with E-state index in [0.717, 1.165) is 11.1 Å². The molecule has 0 radical (unpaired) electrons. The van der Waals surface area contributed by atoms with Gasteiger partial charge in [0.2, 0.25) is 0 Å². The molecule has 0 saturated heterocycles. The lowest BCUT2D eigenvalue weighted by Gasteiger charge is -2.20. The number of rotatable bonds is 5. The number of benzene rings is 3. The average molecular weight is 508 g/mol. The molecule has 0 bridgehead atoms. The smallest absolute Gasteiger partial charge is 0.352 e. The Hall–Kier alpha value is -3.60. The Morgan fingerprint density at radius 2 is 1.46 bits per heavy atom. The van der Waals surface area contributed by atoms with Gasteiger partial charge in [0, 0.05) is 5.69 Å². The summed E-state index contributed by atoms with van der Waals surface area (Å²) >= 11 is 5.26. The Bertz CT molecular complexity index is 1270. The molecule has 3 aromatic carbocycles. The third-order valence-corrected chi connectivity index (χ3v) is 5.39. The van der Waals surface area contributed by atoms with Crippen LogP contribution in [0.15, 0.2) is 72.8 Å². The van der Waals surface area contributed by atoms with Crippen molar-refractivity contribution in [3.05, 3.63) is 95.3 Å². The molecule has 1 aromatic heterocycles. The molecule has 182 valence electrons. The Balaban J connectivity index is 1.62. The molecule has 3 N–H and O–H groups in total. The largest absolute Gasteiger partial charge is 0.416 e. The van der Waals surface area contributed by atoms with Crippen LogP contribution >= 0.6 is 12.2 Å². The van der Waals surface area contributed by atoms with E-state index >= 15 is 0 Å². The van der Waals surface area contributed by atoms with Gasteiger partial charge in [0.1, 0.15) is 5.82 Å². The maximum Gasteiger partial charge on any atom is 0.416 e. The van der Waals surface area contributed by atoms with Gasteiger partial charge in [-0.15, -0.1) is 0 Å². The summed E-state index contributed by atoms with van der Waals surface area (Å²) in [4.78, 5) is 7.74. The number of imidazole rings is 1. The van der Waals surface area contributed by atoms with Crippen LogP contribution in [0, 0.1) is 0 Å². The molecular weight excluding hydrogens is 490 g/mol. The van der Waals surface area contributed by atoms with E-state index < -0.39 is 35.2 Å². The van der Waals surface area contributed by atoms with Gasteiger partial charge in [-0.05, 0) is 54.5 Å². The molecule has 35 heavy (non-hydrogen) atoms. The van der Waals surface area contributed by atoms with Gasteiger partial charge in [-0.25, -0.2) is 4.98 Å². The van der Waals surface area contributed by atoms with E-state index in [1.807, 2.05) is 54.6 Å². The van der Waals surface area contributed by atoms with Gasteiger partial charge in [-0.3, -0.25) is 0 Å². The van der Waals surface area contributed by atoms with Gasteiger partial charge in [0.05, 0.1) is 28.2 Å². The number of aromatic nitrogens is 2. The Labute approximate surface area is 201 Å². The first-order valence-electron chi connectivity index (χ1n) is 10.3. The molecular formula is C24H18F6N4S. The van der Waals surface area contributed by atoms with E-state index in [0.29, 0.717) is 29.9 Å². The minimum atomic E-state index is -4.96. The number of alkyl halides is 6. The molecule has 0 aliphatic heterocycles. The summed E-state index contributed by atoms with van der Waals surface area (Å²) < 4.78 is 79.2. The van der Waals surface area contributed by atoms with Gasteiger partial charge < -0.3 is 15.6 Å². The number of hydrogen-bond acceptors (Lipinski definition) is 2. The van der Waals surface area contributed by atoms with Crippen LogP contribution < -0.4 is 10.6 Å². The van der Waals surface area contributed by atoms with E-state index in [1.54, 1.807) is 0 Å². The molecule has 0 fully saturated rings. The lowest BCUT2D eigenvalue weighted by atomic mass is 10.1. The standard InChI is InChI=1S/C24H18F6N4S/c25-23(26,27)15-11-16(24(28,29)30)13-17(12-15)31-22(35)34-20(10-14-6-2-1-3-7-14)21-32-18-8-4-5-9-19(18)33-21/h1-9,11-13,20H,10H2,(H,32,33)(H2,31,34,35)/t20-/m0/s1. The number of thiocarbonyl (C=S) groups is 1. The SMILES string of the molecule is FC(F)(F)c1cc(NC(=S)N[C@@H](Cc2ccccc2)c2nc3ccccc3[nH]2)cc(C(F)(F)F)c1. The van der Waals surface area contributed by atoms with E-state index in [4.69, 9.17) is 12.2 Å². The number of anilines is 1. The number of para-hydroxylation sites is 2. The van der Waals surface area contributed by atoms with Gasteiger partial charge in [-0.2, -0.15) is 26.3 Å². The van der Waals surface area contributed by atoms with Crippen LogP contribution in [0.1, 0.15) is 28.6 Å². The maximum atomic E-state index is 13.2. The molecule has 0 unspecified atom stereocenters. The highest BCUT2D eigenvalue weighted by atomic mass is 32.1. The highest BCUT2D eigenvalue weighted by molar-refractivity contribution is 7.80. The molecule has 11 heteroatoms. The first-order chi connectivity index (χ1) is 16.5. The zero-order valence-corrected chi connectivity index (χ0v) is 18.7. The quantitative estimate of drug-likeness (QED) is 0.203. The highest BCUT2D eigenvalue weighted by Gasteiger charge is 2.37. The summed E-state index contributed by atoms with van der Waals surface area (Å²) in [5, 5.41) is 5.28. The summed E-state index contributed by atoms with van der Waals surface area (Å²) in [7, 11) is 0. The van der Waals surface area contributed by atoms with Crippen LogP contribution in [0.3, 0.4) is 0 Å². The maximum absolute atomic E-state index is 13.2. The molecule has 4 aromatic rings. The van der Waals surface area contributed by atoms with Crippen molar-refractivity contribution in [1.29, 1.82) is 0 Å². The third-order valence-electron chi connectivity index (χ3n) is 5.17. The molecule has 0 spiro atoms. The first-order valence-corrected chi connectivity index (χ1v) is 10.8. The third kappa shape index (κ3) is 6.10. The van der Waals surface area contributed by atoms with Gasteiger partial charge in [0.15, 0.2) is 5.11 Å². The number of H-pyrrole nitrogens is 1. The fourth-order valence-electron chi connectivity index (χ4n) is 3.56. The summed E-state index contributed by atoms with van der Waals surface area (Å²) in [5.74, 6) is 0.513. The molecule has 1 heterocycles. The van der Waals surface area contributed by atoms with Crippen molar-refractivity contribution in [2.45, 2.75) is 24.8 Å². The normalized spacial score (nSPS) is 13.0. The molecule has 0 saturated carbocycles. The second-order valence-corrected chi connectivity index (χ2v) is 8.18. The van der Waals surface area contributed by atoms with Gasteiger partial charge in [-0.1, -0.05) is 42.5 Å². The number of nitrogens with zero attached hydrogens (tertiary/aromatic N) is 1. The minimum Gasteiger partial charge on any atom is -0.352 e. The predicted molar refractivity (Wildman–Crippen MR) is 125 cm³/mol. The summed E-state index contributed by atoms with van der Waals surface area (Å²) in [6.45, 7) is 0. The van der Waals surface area contributed by atoms with E-state index in [1.165, 1.54) is 0 Å². The second-order valence-electron chi connectivity index (χ2n) is 7.77. The number of aromatic amines is 1. The Kier molecular flexibility index (Phi) is 6.70. The zero-order valence-electron chi connectivity index (χ0n) is 17.8. The lowest BCUT2D eigenvalue weighted by Crippen LogP contribution is -2.34. The fourth-order valence-corrected chi connectivity index (χ4v) is 3.82. The predicted octanol–water partition coefficient (Wildman–Crippen LogP) is 6.87. The van der Waals surface area contributed by atoms with Crippen molar-refractivity contribution in [3.8, 4) is 0 Å². The first kappa shape index (κ1) is 24.5. The van der Waals surface area contributed by atoms with Crippen molar-refractivity contribution in [1.82, 2.24) is 15.3 Å². The van der Waals surface area contributed by atoms with Crippen molar-refractivity contribution in [2.75, 3.05) is 5.32 Å². The van der Waals surface area contributed by atoms with Crippen molar-refractivity contribution >= 4 is 34.1 Å². The highest BCUT2D eigenvalue weighted by Crippen LogP contribution is 2.37. The van der Waals surface area contributed by atoms with Crippen LogP contribution in [0.2, 0.25) is 0 Å². The van der Waals surface area contributed by atoms with Crippen LogP contribution in [0.4, 0.5) is 32.0 Å². The number of hydrogen-bond donors (Lipinski definition) is 3. The van der Waals surface area contributed by atoms with Crippen LogP contribution in [0.25, 0.3) is 11.0 Å². The molecule has 0 aliphatic rings. The van der Waals surface area contributed by atoms with Crippen LogP contribution in [-0.2, 0) is 18.8 Å². The Morgan fingerprint density at radius 3 is 2.06 bits per heavy atom. The van der Waals surface area contributed by atoms with Crippen LogP contribution in [0.5, 0.6) is 0 Å². The molecule has 0 aliphatic carbocycles. The topological polar surface area (TPSA) is 52.7 Å². The van der Waals surface area contributed by atoms with Crippen molar-refractivity contribution < 1.29 is 26.3 Å². The monoisotopic (exact) mass is 508 g/mol. The second kappa shape index (κ2) is 9.57. The molecule has 4 rings (SSSR count). The molecule has 4 nitrogen and oxygen atoms in total. The number of fused-ring (bicyclic) bond motifs is 1. The van der Waals surface area contributed by atoms with E-state index in [-0.39, 0.29) is 11.2 Å². The lowest BCUT2D eigenvalue weighted by molar-refractivity contribution is -0.143. The molecule has 1 atom stereocenters. The fraction of sp³-hybridized carbons (Fsp3) is 0.167. The zero-order chi connectivity index (χ0) is 25.2. The van der Waals surface area contributed by atoms with Gasteiger partial charge in [0.25, 0.3) is 0 Å². The van der Waals surface area contributed by atoms with E-state index in [9.17, 15) is 26.3 Å². The minimum absolute atomic E-state index is 0.0638. The van der Waals surface area contributed by atoms with Crippen molar-refractivity contribution in [2.24, 2.45) is 0 Å². The summed E-state index contributed by atoms with van der Waals surface area (Å²) in [6, 6.07) is 17.3. The molecule has 0 amide bonds. The summed E-state index contributed by atoms with van der Waals surface area (Å²) in [5.41, 5.74) is -0.909. The number of halogens is 6.